The molecule has 0 spiro atoms. The van der Waals surface area contributed by atoms with E-state index in [0.717, 1.165) is 19.3 Å². The van der Waals surface area contributed by atoms with Crippen molar-refractivity contribution in [3.8, 4) is 0 Å². The average Bonchev–Trinajstić information content (AvgIpc) is 2.37. The van der Waals surface area contributed by atoms with Crippen LogP contribution < -0.4 is 0 Å². The quantitative estimate of drug-likeness (QED) is 0.582. The Labute approximate surface area is 77.8 Å². The van der Waals surface area contributed by atoms with Crippen molar-refractivity contribution >= 4 is 30.4 Å². The number of halogens is 1. The van der Waals surface area contributed by atoms with Crippen LogP contribution in [0.4, 0.5) is 0 Å². The summed E-state index contributed by atoms with van der Waals surface area (Å²) >= 11 is 2.15. The van der Waals surface area contributed by atoms with Gasteiger partial charge in [-0.15, -0.1) is 0 Å². The topological polar surface area (TPSA) is 18.5 Å². The predicted molar refractivity (Wildman–Crippen MR) is 51.1 cm³/mol. The predicted octanol–water partition coefficient (Wildman–Crippen LogP) is 2.57. The van der Waals surface area contributed by atoms with Crippen LogP contribution in [0.3, 0.4) is 0 Å². The standard InChI is InChI=1S/C6H11IO2S/c1-8-5-2-3-6(4-5)9-10-7/h5-6H,2-4H2,1H3. The van der Waals surface area contributed by atoms with Gasteiger partial charge in [0.1, 0.15) is 0 Å². The SMILES string of the molecule is COC1CCC(OSI)C1. The molecule has 2 unspecified atom stereocenters. The van der Waals surface area contributed by atoms with Crippen LogP contribution >= 0.6 is 30.4 Å². The van der Waals surface area contributed by atoms with Crippen LogP contribution in [0.1, 0.15) is 19.3 Å². The second-order valence-corrected chi connectivity index (χ2v) is 3.85. The first-order valence-electron chi connectivity index (χ1n) is 3.33. The van der Waals surface area contributed by atoms with Crippen LogP contribution in [0.25, 0.3) is 0 Å². The minimum Gasteiger partial charge on any atom is -0.381 e. The van der Waals surface area contributed by atoms with Gasteiger partial charge < -0.3 is 8.92 Å². The summed E-state index contributed by atoms with van der Waals surface area (Å²) in [5.41, 5.74) is 0. The van der Waals surface area contributed by atoms with Crippen LogP contribution in [0, 0.1) is 0 Å². The van der Waals surface area contributed by atoms with E-state index in [-0.39, 0.29) is 0 Å². The molecule has 60 valence electrons. The molecule has 1 aliphatic rings. The van der Waals surface area contributed by atoms with Crippen molar-refractivity contribution in [1.82, 2.24) is 0 Å². The number of rotatable bonds is 3. The van der Waals surface area contributed by atoms with Gasteiger partial charge in [0.2, 0.25) is 0 Å². The fourth-order valence-corrected chi connectivity index (χ4v) is 2.41. The largest absolute Gasteiger partial charge is 0.381 e. The number of hydrogen-bond acceptors (Lipinski definition) is 3. The maximum absolute atomic E-state index is 5.36. The second kappa shape index (κ2) is 4.79. The van der Waals surface area contributed by atoms with Gasteiger partial charge in [-0.1, -0.05) is 0 Å². The third-order valence-electron chi connectivity index (χ3n) is 1.84. The molecule has 1 fully saturated rings. The third-order valence-corrected chi connectivity index (χ3v) is 2.81. The van der Waals surface area contributed by atoms with Crippen molar-refractivity contribution in [3.05, 3.63) is 0 Å². The highest BCUT2D eigenvalue weighted by Crippen LogP contribution is 2.29. The molecular formula is C6H11IO2S. The molecule has 0 aromatic rings. The molecule has 0 heterocycles. The summed E-state index contributed by atoms with van der Waals surface area (Å²) in [6.07, 6.45) is 4.22. The molecule has 0 N–H and O–H groups in total. The molecule has 2 atom stereocenters. The average molecular weight is 274 g/mol. The maximum atomic E-state index is 5.36. The Kier molecular flexibility index (Phi) is 4.36. The molecule has 4 heteroatoms. The molecule has 0 radical (unpaired) electrons. The van der Waals surface area contributed by atoms with Crippen molar-refractivity contribution in [1.29, 1.82) is 0 Å². The molecular weight excluding hydrogens is 263 g/mol. The van der Waals surface area contributed by atoms with Gasteiger partial charge in [0.25, 0.3) is 0 Å². The lowest BCUT2D eigenvalue weighted by molar-refractivity contribution is 0.0983. The smallest absolute Gasteiger partial charge is 0.0757 e. The van der Waals surface area contributed by atoms with E-state index in [0.29, 0.717) is 12.2 Å². The normalized spacial score (nSPS) is 33.0. The molecule has 0 aromatic carbocycles. The van der Waals surface area contributed by atoms with Crippen LogP contribution in [-0.4, -0.2) is 19.3 Å². The van der Waals surface area contributed by atoms with Gasteiger partial charge in [0.15, 0.2) is 0 Å². The van der Waals surface area contributed by atoms with Crippen molar-refractivity contribution < 1.29 is 8.92 Å². The maximum Gasteiger partial charge on any atom is 0.0757 e. The van der Waals surface area contributed by atoms with Gasteiger partial charge in [-0.25, -0.2) is 0 Å². The summed E-state index contributed by atoms with van der Waals surface area (Å²) in [5.74, 6) is 0. The zero-order chi connectivity index (χ0) is 7.40. The lowest BCUT2D eigenvalue weighted by atomic mass is 10.3. The van der Waals surface area contributed by atoms with Crippen molar-refractivity contribution in [3.63, 3.8) is 0 Å². The summed E-state index contributed by atoms with van der Waals surface area (Å²) < 4.78 is 10.6. The fraction of sp³-hybridized carbons (Fsp3) is 1.00. The van der Waals surface area contributed by atoms with Gasteiger partial charge in [0.05, 0.1) is 21.4 Å². The highest BCUT2D eigenvalue weighted by molar-refractivity contribution is 14.2. The Hall–Kier alpha value is 1.00. The molecule has 1 rings (SSSR count). The minimum absolute atomic E-state index is 0.423. The highest BCUT2D eigenvalue weighted by atomic mass is 127. The summed E-state index contributed by atoms with van der Waals surface area (Å²) in [7, 11) is 3.19. The van der Waals surface area contributed by atoms with Crippen molar-refractivity contribution in [2.24, 2.45) is 0 Å². The molecule has 10 heavy (non-hydrogen) atoms. The van der Waals surface area contributed by atoms with Crippen molar-refractivity contribution in [2.75, 3.05) is 7.11 Å². The first kappa shape index (κ1) is 9.09. The zero-order valence-corrected chi connectivity index (χ0v) is 8.85. The minimum atomic E-state index is 0.423. The van der Waals surface area contributed by atoms with Crippen molar-refractivity contribution in [2.45, 2.75) is 31.5 Å². The van der Waals surface area contributed by atoms with E-state index in [9.17, 15) is 0 Å². The highest BCUT2D eigenvalue weighted by Gasteiger charge is 2.24. The van der Waals surface area contributed by atoms with E-state index in [4.69, 9.17) is 8.92 Å². The molecule has 0 saturated heterocycles. The van der Waals surface area contributed by atoms with Gasteiger partial charge in [-0.2, -0.15) is 0 Å². The monoisotopic (exact) mass is 274 g/mol. The van der Waals surface area contributed by atoms with E-state index < -0.39 is 0 Å². The first-order valence-corrected chi connectivity index (χ1v) is 6.62. The van der Waals surface area contributed by atoms with Crippen LogP contribution in [0.15, 0.2) is 0 Å². The lowest BCUT2D eigenvalue weighted by Crippen LogP contribution is -2.07. The molecule has 1 saturated carbocycles. The Morgan fingerprint density at radius 2 is 2.10 bits per heavy atom. The van der Waals surface area contributed by atoms with E-state index >= 15 is 0 Å². The first-order chi connectivity index (χ1) is 4.86. The molecule has 0 bridgehead atoms. The Balaban J connectivity index is 2.15. The number of ether oxygens (including phenoxy) is 1. The van der Waals surface area contributed by atoms with Gasteiger partial charge >= 0.3 is 0 Å². The molecule has 0 aromatic heterocycles. The van der Waals surface area contributed by atoms with E-state index in [2.05, 4.69) is 21.2 Å². The summed E-state index contributed by atoms with van der Waals surface area (Å²) in [4.78, 5) is 0. The lowest BCUT2D eigenvalue weighted by Gasteiger charge is -2.07. The molecule has 1 aliphatic carbocycles. The number of methoxy groups -OCH3 is 1. The Morgan fingerprint density at radius 1 is 1.40 bits per heavy atom. The molecule has 2 nitrogen and oxygen atoms in total. The molecule has 0 amide bonds. The summed E-state index contributed by atoms with van der Waals surface area (Å²) in [5, 5.41) is 0. The van der Waals surface area contributed by atoms with E-state index in [1.165, 1.54) is 9.21 Å². The van der Waals surface area contributed by atoms with E-state index in [1.54, 1.807) is 7.11 Å². The second-order valence-electron chi connectivity index (χ2n) is 2.45. The van der Waals surface area contributed by atoms with Crippen LogP contribution in [0.2, 0.25) is 0 Å². The van der Waals surface area contributed by atoms with E-state index in [1.807, 2.05) is 0 Å². The van der Waals surface area contributed by atoms with Gasteiger partial charge in [-0.3, -0.25) is 0 Å². The zero-order valence-electron chi connectivity index (χ0n) is 5.88. The third kappa shape index (κ3) is 2.56. The summed E-state index contributed by atoms with van der Waals surface area (Å²) in [6.45, 7) is 0. The van der Waals surface area contributed by atoms with Gasteiger partial charge in [-0.05, 0) is 12.8 Å². The van der Waals surface area contributed by atoms with Crippen LogP contribution in [-0.2, 0) is 8.92 Å². The summed E-state index contributed by atoms with van der Waals surface area (Å²) in [6, 6.07) is 0. The molecule has 0 aliphatic heterocycles. The Bertz CT molecular complexity index is 102. The fourth-order valence-electron chi connectivity index (χ4n) is 1.25. The Morgan fingerprint density at radius 3 is 2.60 bits per heavy atom. The van der Waals surface area contributed by atoms with Gasteiger partial charge in [0, 0.05) is 34.7 Å². The van der Waals surface area contributed by atoms with Crippen LogP contribution in [0.5, 0.6) is 0 Å². The number of hydrogen-bond donors (Lipinski definition) is 0.